The van der Waals surface area contributed by atoms with E-state index in [1.165, 1.54) is 0 Å². The van der Waals surface area contributed by atoms with E-state index >= 15 is 0 Å². The molecule has 1 N–H and O–H groups in total. The zero-order valence-corrected chi connectivity index (χ0v) is 16.3. The van der Waals surface area contributed by atoms with Gasteiger partial charge in [-0.3, -0.25) is 9.20 Å². The number of nitrogens with zero attached hydrogens (tertiary/aromatic N) is 5. The first-order valence-corrected chi connectivity index (χ1v) is 10.3. The first kappa shape index (κ1) is 18.3. The number of aromatic nitrogens is 4. The molecule has 2 aliphatic rings. The fourth-order valence-electron chi connectivity index (χ4n) is 4.26. The zero-order valence-electron chi connectivity index (χ0n) is 16.3. The van der Waals surface area contributed by atoms with Crippen LogP contribution in [-0.2, 0) is 11.3 Å². The van der Waals surface area contributed by atoms with E-state index in [0.29, 0.717) is 24.6 Å². The first-order valence-electron chi connectivity index (χ1n) is 10.3. The van der Waals surface area contributed by atoms with Crippen molar-refractivity contribution >= 4 is 11.4 Å². The fourth-order valence-corrected chi connectivity index (χ4v) is 4.26. The molecule has 3 aromatic rings. The van der Waals surface area contributed by atoms with E-state index in [0.717, 1.165) is 50.0 Å². The molecular weight excluding hydrogens is 370 g/mol. The SMILES string of the molecule is O=C(c1nc(-c2cn(CC3CCCO3)cn2)n2ccccc12)N1CCCC(O)C1. The van der Waals surface area contributed by atoms with Crippen LogP contribution < -0.4 is 0 Å². The van der Waals surface area contributed by atoms with Crippen LogP contribution in [0.2, 0.25) is 0 Å². The lowest BCUT2D eigenvalue weighted by Crippen LogP contribution is -2.42. The van der Waals surface area contributed by atoms with Crippen molar-refractivity contribution in [3.05, 3.63) is 42.6 Å². The molecule has 152 valence electrons. The average molecular weight is 395 g/mol. The van der Waals surface area contributed by atoms with Crippen molar-refractivity contribution in [3.8, 4) is 11.5 Å². The number of amides is 1. The summed E-state index contributed by atoms with van der Waals surface area (Å²) < 4.78 is 9.65. The number of likely N-dealkylation sites (tertiary alicyclic amines) is 1. The minimum absolute atomic E-state index is 0.141. The molecule has 8 heteroatoms. The van der Waals surface area contributed by atoms with E-state index in [1.54, 1.807) is 11.2 Å². The molecule has 2 aliphatic heterocycles. The summed E-state index contributed by atoms with van der Waals surface area (Å²) in [5.41, 5.74) is 1.88. The number of fused-ring (bicyclic) bond motifs is 1. The summed E-state index contributed by atoms with van der Waals surface area (Å²) in [6, 6.07) is 5.71. The van der Waals surface area contributed by atoms with Crippen molar-refractivity contribution < 1.29 is 14.6 Å². The third-order valence-corrected chi connectivity index (χ3v) is 5.74. The molecule has 0 aliphatic carbocycles. The molecule has 0 spiro atoms. The standard InChI is InChI=1S/C21H25N5O3/c27-15-5-3-8-25(11-15)21(28)19-18-7-1-2-9-26(18)20(23-19)17-13-24(14-22-17)12-16-6-4-10-29-16/h1-2,7,9,13-16,27H,3-6,8,10-12H2. The van der Waals surface area contributed by atoms with Gasteiger partial charge in [0.05, 0.1) is 24.1 Å². The summed E-state index contributed by atoms with van der Waals surface area (Å²) in [5, 5.41) is 9.95. The Morgan fingerprint density at radius 2 is 2.21 bits per heavy atom. The number of piperidine rings is 1. The number of imidazole rings is 2. The molecule has 0 saturated carbocycles. The van der Waals surface area contributed by atoms with Crippen LogP contribution in [0.1, 0.15) is 36.2 Å². The summed E-state index contributed by atoms with van der Waals surface area (Å²) in [6.45, 7) is 2.60. The highest BCUT2D eigenvalue weighted by Crippen LogP contribution is 2.24. The van der Waals surface area contributed by atoms with Gasteiger partial charge in [0.1, 0.15) is 5.69 Å². The van der Waals surface area contributed by atoms with Crippen LogP contribution in [0.3, 0.4) is 0 Å². The number of rotatable bonds is 4. The number of aliphatic hydroxyl groups excluding tert-OH is 1. The third-order valence-electron chi connectivity index (χ3n) is 5.74. The normalized spacial score (nSPS) is 22.4. The van der Waals surface area contributed by atoms with E-state index in [1.807, 2.05) is 39.6 Å². The molecule has 0 radical (unpaired) electrons. The van der Waals surface area contributed by atoms with Crippen molar-refractivity contribution in [3.63, 3.8) is 0 Å². The van der Waals surface area contributed by atoms with Gasteiger partial charge in [-0.2, -0.15) is 0 Å². The van der Waals surface area contributed by atoms with Crippen LogP contribution in [0.15, 0.2) is 36.9 Å². The van der Waals surface area contributed by atoms with Gasteiger partial charge >= 0.3 is 0 Å². The quantitative estimate of drug-likeness (QED) is 0.730. The van der Waals surface area contributed by atoms with Crippen molar-refractivity contribution in [1.29, 1.82) is 0 Å². The molecule has 2 saturated heterocycles. The fraction of sp³-hybridized carbons (Fsp3) is 0.476. The van der Waals surface area contributed by atoms with E-state index in [4.69, 9.17) is 4.74 Å². The molecule has 2 unspecified atom stereocenters. The molecule has 0 bridgehead atoms. The number of aliphatic hydroxyl groups is 1. The zero-order chi connectivity index (χ0) is 19.8. The number of ether oxygens (including phenoxy) is 1. The molecule has 29 heavy (non-hydrogen) atoms. The van der Waals surface area contributed by atoms with Crippen LogP contribution in [-0.4, -0.2) is 66.8 Å². The lowest BCUT2D eigenvalue weighted by molar-refractivity contribution is 0.0471. The Morgan fingerprint density at radius 3 is 3.03 bits per heavy atom. The molecule has 2 atom stereocenters. The van der Waals surface area contributed by atoms with Gasteiger partial charge in [-0.05, 0) is 37.8 Å². The largest absolute Gasteiger partial charge is 0.391 e. The highest BCUT2D eigenvalue weighted by atomic mass is 16.5. The van der Waals surface area contributed by atoms with Crippen molar-refractivity contribution in [2.75, 3.05) is 19.7 Å². The van der Waals surface area contributed by atoms with Gasteiger partial charge in [-0.1, -0.05) is 6.07 Å². The maximum absolute atomic E-state index is 13.1. The van der Waals surface area contributed by atoms with Crippen LogP contribution in [0.25, 0.3) is 17.0 Å². The number of carbonyl (C=O) groups excluding carboxylic acids is 1. The number of hydrogen-bond donors (Lipinski definition) is 1. The van der Waals surface area contributed by atoms with Crippen LogP contribution >= 0.6 is 0 Å². The Kier molecular flexibility index (Phi) is 4.81. The molecule has 5 rings (SSSR count). The van der Waals surface area contributed by atoms with Gasteiger partial charge in [0.15, 0.2) is 11.5 Å². The predicted molar refractivity (Wildman–Crippen MR) is 107 cm³/mol. The smallest absolute Gasteiger partial charge is 0.274 e. The van der Waals surface area contributed by atoms with E-state index < -0.39 is 6.10 Å². The maximum Gasteiger partial charge on any atom is 0.274 e. The van der Waals surface area contributed by atoms with Gasteiger partial charge in [0.25, 0.3) is 5.91 Å². The number of β-amino-alcohol motifs (C(OH)–C–C–N with tert-alkyl or cyclic N) is 1. The second kappa shape index (κ2) is 7.61. The summed E-state index contributed by atoms with van der Waals surface area (Å²) >= 11 is 0. The molecule has 0 aromatic carbocycles. The van der Waals surface area contributed by atoms with Crippen molar-refractivity contribution in [1.82, 2.24) is 23.8 Å². The third kappa shape index (κ3) is 3.54. The Morgan fingerprint density at radius 1 is 1.28 bits per heavy atom. The van der Waals surface area contributed by atoms with E-state index in [9.17, 15) is 9.90 Å². The summed E-state index contributed by atoms with van der Waals surface area (Å²) in [7, 11) is 0. The lowest BCUT2D eigenvalue weighted by Gasteiger charge is -2.29. The van der Waals surface area contributed by atoms with Gasteiger partial charge < -0.3 is 19.3 Å². The minimum Gasteiger partial charge on any atom is -0.391 e. The topological polar surface area (TPSA) is 84.9 Å². The molecule has 8 nitrogen and oxygen atoms in total. The number of carbonyl (C=O) groups is 1. The Bertz CT molecular complexity index is 1020. The van der Waals surface area contributed by atoms with Gasteiger partial charge in [0, 0.05) is 38.6 Å². The molecule has 5 heterocycles. The highest BCUT2D eigenvalue weighted by Gasteiger charge is 2.27. The minimum atomic E-state index is -0.463. The molecule has 1 amide bonds. The van der Waals surface area contributed by atoms with E-state index in [2.05, 4.69) is 9.97 Å². The van der Waals surface area contributed by atoms with Crippen LogP contribution in [0.4, 0.5) is 0 Å². The number of hydrogen-bond acceptors (Lipinski definition) is 5. The molecule has 3 aromatic heterocycles. The van der Waals surface area contributed by atoms with Crippen LogP contribution in [0, 0.1) is 0 Å². The second-order valence-electron chi connectivity index (χ2n) is 7.88. The Labute approximate surface area is 168 Å². The molecule has 2 fully saturated rings. The predicted octanol–water partition coefficient (Wildman–Crippen LogP) is 1.97. The van der Waals surface area contributed by atoms with Crippen LogP contribution in [0.5, 0.6) is 0 Å². The van der Waals surface area contributed by atoms with Gasteiger partial charge in [0.2, 0.25) is 0 Å². The van der Waals surface area contributed by atoms with E-state index in [-0.39, 0.29) is 12.0 Å². The first-order chi connectivity index (χ1) is 14.2. The average Bonchev–Trinajstić information content (AvgIpc) is 3.47. The summed E-state index contributed by atoms with van der Waals surface area (Å²) in [5.74, 6) is 0.505. The highest BCUT2D eigenvalue weighted by molar-refractivity contribution is 6.00. The van der Waals surface area contributed by atoms with Crippen molar-refractivity contribution in [2.24, 2.45) is 0 Å². The Hall–Kier alpha value is -2.71. The maximum atomic E-state index is 13.1. The monoisotopic (exact) mass is 395 g/mol. The second-order valence-corrected chi connectivity index (χ2v) is 7.88. The van der Waals surface area contributed by atoms with Crippen molar-refractivity contribution in [2.45, 2.75) is 44.4 Å². The van der Waals surface area contributed by atoms with Gasteiger partial charge in [-0.25, -0.2) is 9.97 Å². The summed E-state index contributed by atoms with van der Waals surface area (Å²) in [4.78, 5) is 24.1. The summed E-state index contributed by atoms with van der Waals surface area (Å²) in [6.07, 6.45) is 9.14. The Balaban J connectivity index is 1.47. The lowest BCUT2D eigenvalue weighted by atomic mass is 10.1. The van der Waals surface area contributed by atoms with Gasteiger partial charge in [-0.15, -0.1) is 0 Å². The molecular formula is C21H25N5O3. The number of pyridine rings is 1.